The number of aliphatic hydroxyl groups excluding tert-OH is 1. The Kier molecular flexibility index (Phi) is 3.69. The minimum atomic E-state index is -4.78. The fourth-order valence-electron chi connectivity index (χ4n) is 2.16. The van der Waals surface area contributed by atoms with E-state index in [-0.39, 0.29) is 11.3 Å². The molecule has 0 aliphatic carbocycles. The first kappa shape index (κ1) is 15.3. The number of nitrogens with one attached hydrogen (secondary N) is 1. The van der Waals surface area contributed by atoms with Gasteiger partial charge in [0.2, 0.25) is 0 Å². The molecule has 0 fully saturated rings. The van der Waals surface area contributed by atoms with Crippen LogP contribution >= 0.6 is 0 Å². The summed E-state index contributed by atoms with van der Waals surface area (Å²) >= 11 is 0. The molecule has 0 spiro atoms. The van der Waals surface area contributed by atoms with E-state index in [2.05, 4.69) is 14.7 Å². The zero-order valence-electron chi connectivity index (χ0n) is 11.4. The molecule has 120 valence electrons. The van der Waals surface area contributed by atoms with Gasteiger partial charge in [-0.2, -0.15) is 0 Å². The van der Waals surface area contributed by atoms with Crippen molar-refractivity contribution >= 4 is 11.0 Å². The van der Waals surface area contributed by atoms with Gasteiger partial charge in [0.1, 0.15) is 23.2 Å². The number of fused-ring (bicyclic) bond motifs is 1. The summed E-state index contributed by atoms with van der Waals surface area (Å²) in [6.45, 7) is 0. The van der Waals surface area contributed by atoms with Crippen molar-refractivity contribution in [3.8, 4) is 5.75 Å². The number of imidazole rings is 1. The van der Waals surface area contributed by atoms with Gasteiger partial charge < -0.3 is 14.8 Å². The fourth-order valence-corrected chi connectivity index (χ4v) is 2.16. The van der Waals surface area contributed by atoms with Crippen LogP contribution < -0.4 is 4.74 Å². The van der Waals surface area contributed by atoms with Gasteiger partial charge in [-0.3, -0.25) is 0 Å². The quantitative estimate of drug-likeness (QED) is 0.722. The molecule has 0 radical (unpaired) electrons. The topological polar surface area (TPSA) is 58.1 Å². The first-order chi connectivity index (χ1) is 10.8. The fraction of sp³-hybridized carbons (Fsp3) is 0.133. The van der Waals surface area contributed by atoms with E-state index in [9.17, 15) is 22.7 Å². The van der Waals surface area contributed by atoms with Crippen LogP contribution in [0.2, 0.25) is 0 Å². The maximum absolute atomic E-state index is 13.6. The molecule has 0 aliphatic rings. The van der Waals surface area contributed by atoms with Gasteiger partial charge in [-0.15, -0.1) is 13.2 Å². The van der Waals surface area contributed by atoms with Gasteiger partial charge in [0, 0.05) is 0 Å². The predicted octanol–water partition coefficient (Wildman–Crippen LogP) is 3.68. The maximum atomic E-state index is 13.6. The summed E-state index contributed by atoms with van der Waals surface area (Å²) in [4.78, 5) is 6.75. The zero-order valence-corrected chi connectivity index (χ0v) is 11.4. The summed E-state index contributed by atoms with van der Waals surface area (Å²) in [5.74, 6) is -0.843. The predicted molar refractivity (Wildman–Crippen MR) is 73.2 cm³/mol. The molecule has 2 N–H and O–H groups in total. The third-order valence-corrected chi connectivity index (χ3v) is 3.17. The average molecular weight is 326 g/mol. The molecule has 8 heteroatoms. The maximum Gasteiger partial charge on any atom is 0.573 e. The molecule has 0 amide bonds. The number of aromatic amines is 1. The van der Waals surface area contributed by atoms with E-state index in [4.69, 9.17) is 0 Å². The summed E-state index contributed by atoms with van der Waals surface area (Å²) < 4.78 is 53.6. The van der Waals surface area contributed by atoms with Crippen molar-refractivity contribution in [2.45, 2.75) is 12.5 Å². The monoisotopic (exact) mass is 326 g/mol. The molecular formula is C15H10F4N2O2. The lowest BCUT2D eigenvalue weighted by molar-refractivity contribution is -0.274. The van der Waals surface area contributed by atoms with Crippen molar-refractivity contribution in [3.63, 3.8) is 0 Å². The minimum Gasteiger partial charge on any atom is -0.406 e. The average Bonchev–Trinajstić information content (AvgIpc) is 2.91. The highest BCUT2D eigenvalue weighted by atomic mass is 19.4. The van der Waals surface area contributed by atoms with Gasteiger partial charge in [0.25, 0.3) is 0 Å². The highest BCUT2D eigenvalue weighted by molar-refractivity contribution is 5.75. The van der Waals surface area contributed by atoms with Crippen molar-refractivity contribution < 1.29 is 27.4 Å². The number of halogens is 4. The van der Waals surface area contributed by atoms with Gasteiger partial charge in [0.15, 0.2) is 5.82 Å². The molecule has 1 aromatic heterocycles. The number of H-pyrrole nitrogens is 1. The van der Waals surface area contributed by atoms with Crippen molar-refractivity contribution in [3.05, 3.63) is 59.7 Å². The van der Waals surface area contributed by atoms with Crippen LogP contribution in [0.1, 0.15) is 17.5 Å². The number of hydrogen-bond acceptors (Lipinski definition) is 3. The molecule has 0 aliphatic heterocycles. The van der Waals surface area contributed by atoms with Crippen LogP contribution in [0.4, 0.5) is 17.6 Å². The van der Waals surface area contributed by atoms with E-state index in [0.29, 0.717) is 11.1 Å². The zero-order chi connectivity index (χ0) is 16.6. The second-order valence-corrected chi connectivity index (χ2v) is 4.78. The Morgan fingerprint density at radius 1 is 1.09 bits per heavy atom. The van der Waals surface area contributed by atoms with Crippen LogP contribution in [-0.4, -0.2) is 21.4 Å². The number of nitrogens with zero attached hydrogens (tertiary/aromatic N) is 1. The SMILES string of the molecule is OC(c1ccc(OC(F)(F)F)cc1)c1nc2c(F)cccc2[nH]1. The van der Waals surface area contributed by atoms with Crippen molar-refractivity contribution in [2.75, 3.05) is 0 Å². The highest BCUT2D eigenvalue weighted by Crippen LogP contribution is 2.27. The summed E-state index contributed by atoms with van der Waals surface area (Å²) in [7, 11) is 0. The molecule has 3 aromatic rings. The molecule has 2 aromatic carbocycles. The number of ether oxygens (including phenoxy) is 1. The summed E-state index contributed by atoms with van der Waals surface area (Å²) in [6.07, 6.45) is -6.02. The molecule has 1 atom stereocenters. The van der Waals surface area contributed by atoms with Gasteiger partial charge >= 0.3 is 6.36 Å². The summed E-state index contributed by atoms with van der Waals surface area (Å²) in [5, 5.41) is 10.2. The van der Waals surface area contributed by atoms with E-state index < -0.39 is 24.0 Å². The molecule has 0 bridgehead atoms. The Bertz CT molecular complexity index is 828. The van der Waals surface area contributed by atoms with Gasteiger partial charge in [-0.25, -0.2) is 9.37 Å². The molecule has 0 saturated carbocycles. The van der Waals surface area contributed by atoms with E-state index in [0.717, 1.165) is 12.1 Å². The lowest BCUT2D eigenvalue weighted by Crippen LogP contribution is -2.17. The Morgan fingerprint density at radius 2 is 1.78 bits per heavy atom. The lowest BCUT2D eigenvalue weighted by Gasteiger charge is -2.11. The van der Waals surface area contributed by atoms with Gasteiger partial charge in [-0.1, -0.05) is 18.2 Å². The van der Waals surface area contributed by atoms with E-state index >= 15 is 0 Å². The van der Waals surface area contributed by atoms with Crippen LogP contribution in [0, 0.1) is 5.82 Å². The van der Waals surface area contributed by atoms with Gasteiger partial charge in [0.05, 0.1) is 5.52 Å². The molecular weight excluding hydrogens is 316 g/mol. The molecule has 23 heavy (non-hydrogen) atoms. The summed E-state index contributed by atoms with van der Waals surface area (Å²) in [5.41, 5.74) is 0.786. The first-order valence-electron chi connectivity index (χ1n) is 6.51. The summed E-state index contributed by atoms with van der Waals surface area (Å²) in [6, 6.07) is 9.04. The molecule has 1 heterocycles. The number of para-hydroxylation sites is 1. The van der Waals surface area contributed by atoms with Crippen molar-refractivity contribution in [1.82, 2.24) is 9.97 Å². The number of rotatable bonds is 3. The second-order valence-electron chi connectivity index (χ2n) is 4.78. The van der Waals surface area contributed by atoms with Crippen LogP contribution in [0.3, 0.4) is 0 Å². The van der Waals surface area contributed by atoms with Crippen molar-refractivity contribution in [2.24, 2.45) is 0 Å². The number of aliphatic hydroxyl groups is 1. The van der Waals surface area contributed by atoms with E-state index in [1.807, 2.05) is 0 Å². The molecule has 3 rings (SSSR count). The standard InChI is InChI=1S/C15H10F4N2O2/c16-10-2-1-3-11-12(10)21-14(20-11)13(22)8-4-6-9(7-5-8)23-15(17,18)19/h1-7,13,22H,(H,20,21). The Labute approximate surface area is 127 Å². The Hall–Kier alpha value is -2.61. The van der Waals surface area contributed by atoms with E-state index in [1.54, 1.807) is 6.07 Å². The first-order valence-corrected chi connectivity index (χ1v) is 6.51. The number of benzene rings is 2. The molecule has 4 nitrogen and oxygen atoms in total. The molecule has 1 unspecified atom stereocenters. The minimum absolute atomic E-state index is 0.0820. The lowest BCUT2D eigenvalue weighted by atomic mass is 10.1. The van der Waals surface area contributed by atoms with E-state index in [1.165, 1.54) is 24.3 Å². The largest absolute Gasteiger partial charge is 0.573 e. The van der Waals surface area contributed by atoms with Crippen molar-refractivity contribution in [1.29, 1.82) is 0 Å². The van der Waals surface area contributed by atoms with Gasteiger partial charge in [-0.05, 0) is 29.8 Å². The Balaban J connectivity index is 1.87. The Morgan fingerprint density at radius 3 is 2.39 bits per heavy atom. The van der Waals surface area contributed by atoms with Crippen LogP contribution in [-0.2, 0) is 0 Å². The highest BCUT2D eigenvalue weighted by Gasteiger charge is 2.31. The third kappa shape index (κ3) is 3.26. The third-order valence-electron chi connectivity index (χ3n) is 3.17. The molecule has 0 saturated heterocycles. The van der Waals surface area contributed by atoms with Crippen LogP contribution in [0.5, 0.6) is 5.75 Å². The van der Waals surface area contributed by atoms with Crippen LogP contribution in [0.25, 0.3) is 11.0 Å². The van der Waals surface area contributed by atoms with Crippen LogP contribution in [0.15, 0.2) is 42.5 Å². The normalized spacial score (nSPS) is 13.3. The smallest absolute Gasteiger partial charge is 0.406 e. The second kappa shape index (κ2) is 5.54. The number of hydrogen-bond donors (Lipinski definition) is 2. The number of alkyl halides is 3. The number of aromatic nitrogens is 2.